The molecule has 1 saturated carbocycles. The molecule has 2 fully saturated rings. The minimum absolute atomic E-state index is 0.0407. The molecule has 31 heavy (non-hydrogen) atoms. The van der Waals surface area contributed by atoms with E-state index < -0.39 is 17.6 Å². The van der Waals surface area contributed by atoms with Crippen LogP contribution in [0.1, 0.15) is 42.5 Å². The van der Waals surface area contributed by atoms with Gasteiger partial charge in [-0.2, -0.15) is 13.2 Å². The van der Waals surface area contributed by atoms with E-state index in [2.05, 4.69) is 6.58 Å². The van der Waals surface area contributed by atoms with Crippen LogP contribution >= 0.6 is 0 Å². The number of nitrogens with zero attached hydrogens (tertiary/aromatic N) is 3. The number of piperazine rings is 1. The first kappa shape index (κ1) is 22.8. The van der Waals surface area contributed by atoms with Gasteiger partial charge in [0.1, 0.15) is 0 Å². The first-order valence-electron chi connectivity index (χ1n) is 10.3. The van der Waals surface area contributed by atoms with Gasteiger partial charge >= 0.3 is 12.1 Å². The van der Waals surface area contributed by atoms with Crippen LogP contribution in [0.4, 0.5) is 18.9 Å². The SMILES string of the molecule is C=CC(=O)N(C)c1ccc(C(=O)N2CCN(C(=O)C(F)(F)F)C3(CCCCC3)C2)cc1. The number of anilines is 1. The lowest BCUT2D eigenvalue weighted by Crippen LogP contribution is -2.67. The maximum Gasteiger partial charge on any atom is 0.471 e. The predicted molar refractivity (Wildman–Crippen MR) is 110 cm³/mol. The summed E-state index contributed by atoms with van der Waals surface area (Å²) in [6, 6.07) is 6.44. The molecule has 168 valence electrons. The summed E-state index contributed by atoms with van der Waals surface area (Å²) in [5.41, 5.74) is -0.00878. The highest BCUT2D eigenvalue weighted by Crippen LogP contribution is 2.39. The molecule has 0 aromatic heterocycles. The second-order valence-electron chi connectivity index (χ2n) is 8.11. The number of hydrogen-bond acceptors (Lipinski definition) is 3. The Morgan fingerprint density at radius 3 is 2.23 bits per heavy atom. The van der Waals surface area contributed by atoms with Crippen molar-refractivity contribution in [1.82, 2.24) is 9.80 Å². The van der Waals surface area contributed by atoms with Crippen LogP contribution < -0.4 is 4.90 Å². The molecule has 1 aliphatic heterocycles. The fourth-order valence-electron chi connectivity index (χ4n) is 4.53. The average molecular weight is 437 g/mol. The average Bonchev–Trinajstić information content (AvgIpc) is 2.77. The van der Waals surface area contributed by atoms with E-state index in [9.17, 15) is 27.6 Å². The highest BCUT2D eigenvalue weighted by molar-refractivity contribution is 6.01. The summed E-state index contributed by atoms with van der Waals surface area (Å²) in [6.07, 6.45) is -0.490. The van der Waals surface area contributed by atoms with Crippen molar-refractivity contribution in [3.05, 3.63) is 42.5 Å². The Balaban J connectivity index is 1.79. The summed E-state index contributed by atoms with van der Waals surface area (Å²) in [6.45, 7) is 3.43. The Morgan fingerprint density at radius 1 is 1.06 bits per heavy atom. The van der Waals surface area contributed by atoms with Crippen molar-refractivity contribution < 1.29 is 27.6 Å². The third-order valence-electron chi connectivity index (χ3n) is 6.22. The molecule has 1 saturated heterocycles. The maximum absolute atomic E-state index is 13.2. The molecule has 0 bridgehead atoms. The van der Waals surface area contributed by atoms with Gasteiger partial charge in [-0.05, 0) is 43.2 Å². The van der Waals surface area contributed by atoms with E-state index in [1.807, 2.05) is 0 Å². The van der Waals surface area contributed by atoms with Gasteiger partial charge in [0.05, 0.1) is 5.54 Å². The summed E-state index contributed by atoms with van der Waals surface area (Å²) in [5, 5.41) is 0. The van der Waals surface area contributed by atoms with Gasteiger partial charge in [-0.15, -0.1) is 0 Å². The number of rotatable bonds is 3. The molecule has 3 rings (SSSR count). The molecule has 2 aliphatic rings. The molecule has 1 aromatic carbocycles. The minimum Gasteiger partial charge on any atom is -0.335 e. The minimum atomic E-state index is -4.93. The van der Waals surface area contributed by atoms with Gasteiger partial charge < -0.3 is 14.7 Å². The van der Waals surface area contributed by atoms with Gasteiger partial charge in [0.25, 0.3) is 5.91 Å². The third-order valence-corrected chi connectivity index (χ3v) is 6.22. The molecule has 0 N–H and O–H groups in total. The molecule has 3 amide bonds. The van der Waals surface area contributed by atoms with Crippen LogP contribution in [0.5, 0.6) is 0 Å². The van der Waals surface area contributed by atoms with E-state index in [0.717, 1.165) is 24.2 Å². The topological polar surface area (TPSA) is 60.9 Å². The van der Waals surface area contributed by atoms with Crippen molar-refractivity contribution in [1.29, 1.82) is 0 Å². The highest BCUT2D eigenvalue weighted by Gasteiger charge is 2.52. The monoisotopic (exact) mass is 437 g/mol. The van der Waals surface area contributed by atoms with Crippen LogP contribution in [0.2, 0.25) is 0 Å². The predicted octanol–water partition coefficient (Wildman–Crippen LogP) is 3.39. The fourth-order valence-corrected chi connectivity index (χ4v) is 4.53. The molecule has 0 atom stereocenters. The Kier molecular flexibility index (Phi) is 6.43. The molecule has 1 heterocycles. The fraction of sp³-hybridized carbons (Fsp3) is 0.500. The van der Waals surface area contributed by atoms with Crippen molar-refractivity contribution in [2.45, 2.75) is 43.8 Å². The molecular weight excluding hydrogens is 411 g/mol. The van der Waals surface area contributed by atoms with E-state index in [1.54, 1.807) is 36.2 Å². The Labute approximate surface area is 179 Å². The van der Waals surface area contributed by atoms with Crippen LogP contribution in [0, 0.1) is 0 Å². The number of amides is 3. The molecule has 0 unspecified atom stereocenters. The van der Waals surface area contributed by atoms with Crippen molar-refractivity contribution in [3.63, 3.8) is 0 Å². The number of hydrogen-bond donors (Lipinski definition) is 0. The van der Waals surface area contributed by atoms with Gasteiger partial charge in [-0.1, -0.05) is 25.8 Å². The standard InChI is InChI=1S/C22H26F3N3O3/c1-3-18(29)26(2)17-9-7-16(8-10-17)19(30)27-13-14-28(20(31)22(23,24)25)21(15-27)11-5-4-6-12-21/h3,7-10H,1,4-6,11-15H2,2H3. The van der Waals surface area contributed by atoms with Crippen LogP contribution in [0.15, 0.2) is 36.9 Å². The van der Waals surface area contributed by atoms with Gasteiger partial charge in [-0.25, -0.2) is 0 Å². The molecule has 1 aromatic rings. The maximum atomic E-state index is 13.2. The van der Waals surface area contributed by atoms with Crippen molar-refractivity contribution in [3.8, 4) is 0 Å². The van der Waals surface area contributed by atoms with Crippen molar-refractivity contribution in [2.24, 2.45) is 0 Å². The van der Waals surface area contributed by atoms with Gasteiger partial charge in [0.2, 0.25) is 5.91 Å². The van der Waals surface area contributed by atoms with Gasteiger partial charge in [0, 0.05) is 37.9 Å². The quantitative estimate of drug-likeness (QED) is 0.682. The van der Waals surface area contributed by atoms with E-state index >= 15 is 0 Å². The molecule has 6 nitrogen and oxygen atoms in total. The normalized spacial score (nSPS) is 18.6. The molecule has 0 radical (unpaired) electrons. The molecule has 1 aliphatic carbocycles. The van der Waals surface area contributed by atoms with E-state index in [0.29, 0.717) is 24.1 Å². The zero-order valence-corrected chi connectivity index (χ0v) is 17.5. The van der Waals surface area contributed by atoms with E-state index in [1.165, 1.54) is 11.0 Å². The summed E-state index contributed by atoms with van der Waals surface area (Å²) >= 11 is 0. The lowest BCUT2D eigenvalue weighted by molar-refractivity contribution is -0.196. The number of likely N-dealkylation sites (N-methyl/N-ethyl adjacent to an activating group) is 1. The van der Waals surface area contributed by atoms with Crippen molar-refractivity contribution in [2.75, 3.05) is 31.6 Å². The number of benzene rings is 1. The lowest BCUT2D eigenvalue weighted by atomic mass is 9.78. The second-order valence-corrected chi connectivity index (χ2v) is 8.11. The summed E-state index contributed by atoms with van der Waals surface area (Å²) < 4.78 is 39.5. The van der Waals surface area contributed by atoms with Crippen LogP contribution in [-0.4, -0.2) is 65.9 Å². The van der Waals surface area contributed by atoms with Gasteiger partial charge in [-0.3, -0.25) is 14.4 Å². The zero-order chi connectivity index (χ0) is 22.8. The van der Waals surface area contributed by atoms with Crippen LogP contribution in [0.3, 0.4) is 0 Å². The molecular formula is C22H26F3N3O3. The Bertz CT molecular complexity index is 861. The number of carbonyl (C=O) groups is 3. The first-order valence-corrected chi connectivity index (χ1v) is 10.3. The number of carbonyl (C=O) groups excluding carboxylic acids is 3. The third kappa shape index (κ3) is 4.60. The van der Waals surface area contributed by atoms with E-state index in [4.69, 9.17) is 0 Å². The highest BCUT2D eigenvalue weighted by atomic mass is 19.4. The summed E-state index contributed by atoms with van der Waals surface area (Å²) in [4.78, 5) is 40.8. The second kappa shape index (κ2) is 8.72. The first-order chi connectivity index (χ1) is 14.6. The van der Waals surface area contributed by atoms with Crippen LogP contribution in [-0.2, 0) is 9.59 Å². The summed E-state index contributed by atoms with van der Waals surface area (Å²) in [5.74, 6) is -2.40. The lowest BCUT2D eigenvalue weighted by Gasteiger charge is -2.52. The number of alkyl halides is 3. The molecule has 1 spiro atoms. The van der Waals surface area contributed by atoms with Crippen molar-refractivity contribution >= 4 is 23.4 Å². The number of halogens is 3. The summed E-state index contributed by atoms with van der Waals surface area (Å²) in [7, 11) is 1.59. The Morgan fingerprint density at radius 2 is 1.68 bits per heavy atom. The zero-order valence-electron chi connectivity index (χ0n) is 17.5. The van der Waals surface area contributed by atoms with Crippen LogP contribution in [0.25, 0.3) is 0 Å². The smallest absolute Gasteiger partial charge is 0.335 e. The van der Waals surface area contributed by atoms with E-state index in [-0.39, 0.29) is 31.4 Å². The van der Waals surface area contributed by atoms with Gasteiger partial charge in [0.15, 0.2) is 0 Å². The largest absolute Gasteiger partial charge is 0.471 e. The molecule has 9 heteroatoms. The Hall–Kier alpha value is -2.84.